The van der Waals surface area contributed by atoms with E-state index in [1.807, 2.05) is 36.0 Å². The van der Waals surface area contributed by atoms with Gasteiger partial charge in [0.15, 0.2) is 5.13 Å². The summed E-state index contributed by atoms with van der Waals surface area (Å²) in [6.45, 7) is 0.698. The van der Waals surface area contributed by atoms with Crippen molar-refractivity contribution in [3.63, 3.8) is 0 Å². The van der Waals surface area contributed by atoms with Crippen molar-refractivity contribution < 1.29 is 0 Å². The number of aryl methyl sites for hydroxylation is 1. The molecule has 0 aliphatic rings. The predicted octanol–water partition coefficient (Wildman–Crippen LogP) is 2.64. The summed E-state index contributed by atoms with van der Waals surface area (Å²) in [6, 6.07) is 8.14. The van der Waals surface area contributed by atoms with Gasteiger partial charge >= 0.3 is 0 Å². The third-order valence-electron chi connectivity index (χ3n) is 2.61. The first-order valence-electron chi connectivity index (χ1n) is 5.38. The molecule has 0 saturated carbocycles. The van der Waals surface area contributed by atoms with Crippen LogP contribution in [0.3, 0.4) is 0 Å². The van der Waals surface area contributed by atoms with Crippen LogP contribution in [0.5, 0.6) is 0 Å². The zero-order valence-corrected chi connectivity index (χ0v) is 10.2. The quantitative estimate of drug-likeness (QED) is 0.770. The minimum absolute atomic E-state index is 0.698. The van der Waals surface area contributed by atoms with Crippen molar-refractivity contribution in [2.45, 2.75) is 6.54 Å². The molecular formula is C12H12N4S. The number of hydrogen-bond donors (Lipinski definition) is 1. The minimum Gasteiger partial charge on any atom is -0.354 e. The molecule has 0 bridgehead atoms. The molecule has 86 valence electrons. The molecule has 4 nitrogen and oxygen atoms in total. The van der Waals surface area contributed by atoms with Crippen molar-refractivity contribution in [2.75, 3.05) is 5.32 Å². The van der Waals surface area contributed by atoms with Gasteiger partial charge in [0, 0.05) is 19.4 Å². The highest BCUT2D eigenvalue weighted by Gasteiger charge is 2.04. The molecule has 1 aromatic carbocycles. The van der Waals surface area contributed by atoms with E-state index in [0.29, 0.717) is 6.54 Å². The van der Waals surface area contributed by atoms with E-state index in [2.05, 4.69) is 21.4 Å². The summed E-state index contributed by atoms with van der Waals surface area (Å²) in [5.74, 6) is 1.00. The first-order chi connectivity index (χ1) is 8.33. The Kier molecular flexibility index (Phi) is 2.53. The molecule has 0 aliphatic heterocycles. The van der Waals surface area contributed by atoms with Crippen LogP contribution in [-0.4, -0.2) is 14.5 Å². The number of nitrogens with one attached hydrogen (secondary N) is 1. The highest BCUT2D eigenvalue weighted by Crippen LogP contribution is 2.25. The second-order valence-electron chi connectivity index (χ2n) is 3.79. The summed E-state index contributed by atoms with van der Waals surface area (Å²) in [5.41, 5.74) is 1.04. The lowest BCUT2D eigenvalue weighted by Crippen LogP contribution is -2.05. The maximum atomic E-state index is 4.51. The second-order valence-corrected chi connectivity index (χ2v) is 4.83. The summed E-state index contributed by atoms with van der Waals surface area (Å²) in [4.78, 5) is 8.77. The number of anilines is 1. The van der Waals surface area contributed by atoms with Gasteiger partial charge in [0.25, 0.3) is 0 Å². The summed E-state index contributed by atoms with van der Waals surface area (Å²) >= 11 is 1.67. The van der Waals surface area contributed by atoms with Crippen LogP contribution in [0.2, 0.25) is 0 Å². The van der Waals surface area contributed by atoms with Gasteiger partial charge in [-0.25, -0.2) is 9.97 Å². The first-order valence-corrected chi connectivity index (χ1v) is 6.20. The van der Waals surface area contributed by atoms with Crippen LogP contribution in [0.25, 0.3) is 10.2 Å². The van der Waals surface area contributed by atoms with Gasteiger partial charge in [-0.15, -0.1) is 0 Å². The average Bonchev–Trinajstić information content (AvgIpc) is 2.92. The second kappa shape index (κ2) is 4.18. The average molecular weight is 244 g/mol. The van der Waals surface area contributed by atoms with Crippen LogP contribution in [0.4, 0.5) is 5.13 Å². The van der Waals surface area contributed by atoms with E-state index in [1.54, 1.807) is 17.5 Å². The smallest absolute Gasteiger partial charge is 0.184 e. The van der Waals surface area contributed by atoms with Crippen LogP contribution in [0.15, 0.2) is 36.7 Å². The minimum atomic E-state index is 0.698. The van der Waals surface area contributed by atoms with Gasteiger partial charge in [-0.3, -0.25) is 0 Å². The van der Waals surface area contributed by atoms with Crippen LogP contribution >= 0.6 is 11.3 Å². The van der Waals surface area contributed by atoms with E-state index in [1.165, 1.54) is 4.70 Å². The van der Waals surface area contributed by atoms with Gasteiger partial charge in [0.1, 0.15) is 5.82 Å². The zero-order valence-electron chi connectivity index (χ0n) is 9.42. The molecule has 0 fully saturated rings. The Morgan fingerprint density at radius 2 is 2.24 bits per heavy atom. The van der Waals surface area contributed by atoms with Gasteiger partial charge < -0.3 is 9.88 Å². The number of rotatable bonds is 3. The van der Waals surface area contributed by atoms with Gasteiger partial charge in [0.05, 0.1) is 16.8 Å². The SMILES string of the molecule is Cn1ccnc1CNc1nc2ccccc2s1. The van der Waals surface area contributed by atoms with Crippen LogP contribution in [0, 0.1) is 0 Å². The summed E-state index contributed by atoms with van der Waals surface area (Å²) in [5, 5.41) is 4.24. The fourth-order valence-electron chi connectivity index (χ4n) is 1.67. The third kappa shape index (κ3) is 2.01. The fraction of sp³-hybridized carbons (Fsp3) is 0.167. The van der Waals surface area contributed by atoms with Gasteiger partial charge in [-0.1, -0.05) is 23.5 Å². The molecule has 0 unspecified atom stereocenters. The Hall–Kier alpha value is -1.88. The van der Waals surface area contributed by atoms with Crippen molar-refractivity contribution >= 4 is 26.7 Å². The van der Waals surface area contributed by atoms with E-state index in [-0.39, 0.29) is 0 Å². The molecule has 17 heavy (non-hydrogen) atoms. The Morgan fingerprint density at radius 1 is 1.35 bits per heavy atom. The largest absolute Gasteiger partial charge is 0.354 e. The molecule has 5 heteroatoms. The number of imidazole rings is 1. The Bertz CT molecular complexity index is 608. The molecule has 2 heterocycles. The normalized spacial score (nSPS) is 10.9. The lowest BCUT2D eigenvalue weighted by molar-refractivity contribution is 0.812. The number of para-hydroxylation sites is 1. The molecular weight excluding hydrogens is 232 g/mol. The molecule has 0 radical (unpaired) electrons. The molecule has 0 atom stereocenters. The van der Waals surface area contributed by atoms with Crippen LogP contribution in [-0.2, 0) is 13.6 Å². The highest BCUT2D eigenvalue weighted by molar-refractivity contribution is 7.22. The Labute approximate surface area is 103 Å². The monoisotopic (exact) mass is 244 g/mol. The van der Waals surface area contributed by atoms with E-state index in [9.17, 15) is 0 Å². The molecule has 2 aromatic heterocycles. The van der Waals surface area contributed by atoms with Gasteiger partial charge in [0.2, 0.25) is 0 Å². The lowest BCUT2D eigenvalue weighted by Gasteiger charge is -2.01. The first kappa shape index (κ1) is 10.3. The van der Waals surface area contributed by atoms with Crippen molar-refractivity contribution in [3.05, 3.63) is 42.5 Å². The van der Waals surface area contributed by atoms with Crippen molar-refractivity contribution in [1.82, 2.24) is 14.5 Å². The number of hydrogen-bond acceptors (Lipinski definition) is 4. The molecule has 0 amide bonds. The molecule has 0 aliphatic carbocycles. The molecule has 0 saturated heterocycles. The van der Waals surface area contributed by atoms with Crippen molar-refractivity contribution in [3.8, 4) is 0 Å². The van der Waals surface area contributed by atoms with Crippen molar-refractivity contribution in [2.24, 2.45) is 7.05 Å². The molecule has 3 aromatic rings. The zero-order chi connectivity index (χ0) is 11.7. The van der Waals surface area contributed by atoms with Gasteiger partial charge in [-0.05, 0) is 12.1 Å². The third-order valence-corrected chi connectivity index (χ3v) is 3.61. The maximum Gasteiger partial charge on any atom is 0.184 e. The van der Waals surface area contributed by atoms with Crippen molar-refractivity contribution in [1.29, 1.82) is 0 Å². The molecule has 0 spiro atoms. The summed E-state index contributed by atoms with van der Waals surface area (Å²) in [7, 11) is 1.99. The topological polar surface area (TPSA) is 42.7 Å². The number of nitrogens with zero attached hydrogens (tertiary/aromatic N) is 3. The van der Waals surface area contributed by atoms with E-state index < -0.39 is 0 Å². The number of thiazole rings is 1. The van der Waals surface area contributed by atoms with E-state index >= 15 is 0 Å². The standard InChI is InChI=1S/C12H12N4S/c1-16-7-6-13-11(16)8-14-12-15-9-4-2-3-5-10(9)17-12/h2-7H,8H2,1H3,(H,14,15). The maximum absolute atomic E-state index is 4.51. The number of fused-ring (bicyclic) bond motifs is 1. The number of benzene rings is 1. The number of aromatic nitrogens is 3. The summed E-state index contributed by atoms with van der Waals surface area (Å²) < 4.78 is 3.20. The lowest BCUT2D eigenvalue weighted by atomic mass is 10.3. The van der Waals surface area contributed by atoms with E-state index in [0.717, 1.165) is 16.5 Å². The fourth-order valence-corrected chi connectivity index (χ4v) is 2.53. The van der Waals surface area contributed by atoms with Crippen LogP contribution < -0.4 is 5.32 Å². The highest BCUT2D eigenvalue weighted by atomic mass is 32.1. The Morgan fingerprint density at radius 3 is 3.00 bits per heavy atom. The van der Waals surface area contributed by atoms with E-state index in [4.69, 9.17) is 0 Å². The van der Waals surface area contributed by atoms with Crippen LogP contribution in [0.1, 0.15) is 5.82 Å². The predicted molar refractivity (Wildman–Crippen MR) is 70.2 cm³/mol. The molecule has 3 rings (SSSR count). The molecule has 1 N–H and O–H groups in total. The summed E-state index contributed by atoms with van der Waals surface area (Å²) in [6.07, 6.45) is 3.74. The Balaban J connectivity index is 1.79. The van der Waals surface area contributed by atoms with Gasteiger partial charge in [-0.2, -0.15) is 0 Å².